The number of hydrogen-bond acceptors (Lipinski definition) is 0. The predicted octanol–water partition coefficient (Wildman–Crippen LogP) is 8.27. The molecule has 0 bridgehead atoms. The van der Waals surface area contributed by atoms with Gasteiger partial charge in [0.1, 0.15) is 0 Å². The van der Waals surface area contributed by atoms with Gasteiger partial charge in [-0.15, -0.1) is 0 Å². The van der Waals surface area contributed by atoms with Gasteiger partial charge in [0.2, 0.25) is 0 Å². The van der Waals surface area contributed by atoms with E-state index in [-0.39, 0.29) is 0 Å². The molecule has 0 aromatic heterocycles. The Kier molecular flexibility index (Phi) is 9.10. The Morgan fingerprint density at radius 2 is 1.62 bits per heavy atom. The first-order valence-corrected chi connectivity index (χ1v) is 11.1. The first-order valence-electron chi connectivity index (χ1n) is 11.1. The molecule has 0 radical (unpaired) electrons. The first-order chi connectivity index (χ1) is 11.4. The van der Waals surface area contributed by atoms with E-state index in [0.29, 0.717) is 5.41 Å². The third kappa shape index (κ3) is 4.67. The number of hydrogen-bond donors (Lipinski definition) is 0. The van der Waals surface area contributed by atoms with Crippen molar-refractivity contribution < 1.29 is 0 Å². The lowest BCUT2D eigenvalue weighted by Gasteiger charge is -2.49. The summed E-state index contributed by atoms with van der Waals surface area (Å²) in [5, 5.41) is 0. The van der Waals surface area contributed by atoms with Crippen molar-refractivity contribution >= 4 is 0 Å². The highest BCUT2D eigenvalue weighted by molar-refractivity contribution is 5.13. The van der Waals surface area contributed by atoms with Crippen LogP contribution >= 0.6 is 0 Å². The van der Waals surface area contributed by atoms with E-state index in [2.05, 4.69) is 47.6 Å². The lowest BCUT2D eigenvalue weighted by atomic mass is 9.55. The second-order valence-electron chi connectivity index (χ2n) is 8.97. The predicted molar refractivity (Wildman–Crippen MR) is 110 cm³/mol. The topological polar surface area (TPSA) is 0 Å². The molecule has 24 heavy (non-hydrogen) atoms. The van der Waals surface area contributed by atoms with Crippen molar-refractivity contribution in [3.8, 4) is 0 Å². The van der Waals surface area contributed by atoms with Crippen LogP contribution < -0.4 is 0 Å². The molecule has 6 atom stereocenters. The molecule has 0 amide bonds. The minimum Gasteiger partial charge on any atom is -0.0851 e. The van der Waals surface area contributed by atoms with Gasteiger partial charge in [-0.3, -0.25) is 0 Å². The van der Waals surface area contributed by atoms with Crippen LogP contribution in [0.1, 0.15) is 107 Å². The van der Waals surface area contributed by atoms with Crippen molar-refractivity contribution in [1.29, 1.82) is 0 Å². The van der Waals surface area contributed by atoms with Crippen molar-refractivity contribution in [2.24, 2.45) is 35.0 Å². The van der Waals surface area contributed by atoms with Gasteiger partial charge in [0, 0.05) is 0 Å². The number of allylic oxidation sites excluding steroid dienone is 2. The second-order valence-corrected chi connectivity index (χ2v) is 8.97. The molecular weight excluding hydrogens is 288 g/mol. The fourth-order valence-corrected chi connectivity index (χ4v) is 5.65. The Labute approximate surface area is 153 Å². The number of fused-ring (bicyclic) bond motifs is 3. The molecule has 0 N–H and O–H groups in total. The van der Waals surface area contributed by atoms with E-state index in [1.807, 2.05) is 13.8 Å². The van der Waals surface area contributed by atoms with Crippen molar-refractivity contribution in [3.05, 3.63) is 11.6 Å². The molecule has 2 fully saturated rings. The van der Waals surface area contributed by atoms with Crippen molar-refractivity contribution in [3.63, 3.8) is 0 Å². The largest absolute Gasteiger partial charge is 0.0851 e. The van der Waals surface area contributed by atoms with Crippen LogP contribution in [0.5, 0.6) is 0 Å². The maximum Gasteiger partial charge on any atom is -0.0175 e. The smallest absolute Gasteiger partial charge is 0.0175 e. The van der Waals surface area contributed by atoms with E-state index < -0.39 is 0 Å². The molecule has 0 aliphatic heterocycles. The lowest BCUT2D eigenvalue weighted by molar-refractivity contribution is 0.0204. The first kappa shape index (κ1) is 21.8. The summed E-state index contributed by atoms with van der Waals surface area (Å²) >= 11 is 0. The molecule has 0 nitrogen and oxygen atoms in total. The normalized spacial score (nSPS) is 43.3. The van der Waals surface area contributed by atoms with Gasteiger partial charge < -0.3 is 0 Å². The van der Waals surface area contributed by atoms with Gasteiger partial charge in [0.05, 0.1) is 0 Å². The van der Waals surface area contributed by atoms with Crippen LogP contribution in [-0.4, -0.2) is 0 Å². The molecule has 0 heterocycles. The van der Waals surface area contributed by atoms with Gasteiger partial charge in [0.25, 0.3) is 0 Å². The summed E-state index contributed by atoms with van der Waals surface area (Å²) in [5.74, 6) is 4.82. The molecule has 142 valence electrons. The maximum atomic E-state index is 2.62. The highest BCUT2D eigenvalue weighted by atomic mass is 14.6. The highest BCUT2D eigenvalue weighted by Gasteiger charge is 2.52. The van der Waals surface area contributed by atoms with E-state index in [9.17, 15) is 0 Å². The van der Waals surface area contributed by atoms with Crippen molar-refractivity contribution in [2.75, 3.05) is 0 Å². The van der Waals surface area contributed by atoms with Gasteiger partial charge in [0.15, 0.2) is 0 Å². The summed E-state index contributed by atoms with van der Waals surface area (Å²) in [6, 6.07) is 0. The fourth-order valence-electron chi connectivity index (χ4n) is 5.65. The molecule has 0 saturated heterocycles. The molecule has 3 aliphatic carbocycles. The van der Waals surface area contributed by atoms with Crippen molar-refractivity contribution in [1.82, 2.24) is 0 Å². The Bertz CT molecular complexity index is 379. The minimum absolute atomic E-state index is 0.671. The summed E-state index contributed by atoms with van der Waals surface area (Å²) in [7, 11) is 0. The fraction of sp³-hybridized carbons (Fsp3) is 0.917. The molecule has 0 heteroatoms. The number of rotatable bonds is 0. The molecule has 2 saturated carbocycles. The van der Waals surface area contributed by atoms with Crippen LogP contribution in [0.4, 0.5) is 0 Å². The third-order valence-corrected chi connectivity index (χ3v) is 7.33. The zero-order valence-electron chi connectivity index (χ0n) is 18.1. The standard InChI is InChI=1S/C19H32.C3H8.C2H6/c1-13-5-7-14(2)16-11-12-19(4)15(3)8-10-18(19)17(16)9-6-13;1-3-2;1-2/h7,13,15-18H,5-6,8-12H2,1-4H3;3H2,1-2H3;1-2H3/b14-7+;;. The molecule has 6 unspecified atom stereocenters. The van der Waals surface area contributed by atoms with E-state index in [0.717, 1.165) is 29.6 Å². The van der Waals surface area contributed by atoms with Gasteiger partial charge in [-0.25, -0.2) is 0 Å². The van der Waals surface area contributed by atoms with Crippen LogP contribution in [0, 0.1) is 35.0 Å². The third-order valence-electron chi connectivity index (χ3n) is 7.33. The Balaban J connectivity index is 0.000000521. The van der Waals surface area contributed by atoms with Gasteiger partial charge >= 0.3 is 0 Å². The van der Waals surface area contributed by atoms with Gasteiger partial charge in [-0.2, -0.15) is 0 Å². The molecule has 0 aromatic rings. The molecule has 3 aliphatic rings. The van der Waals surface area contributed by atoms with E-state index in [1.165, 1.54) is 51.4 Å². The van der Waals surface area contributed by atoms with Crippen molar-refractivity contribution in [2.45, 2.75) is 107 Å². The SMILES string of the molecule is C/C1=C\CC(C)CCC2C1CCC1(C)C(C)CCC21.CC.CCC. The molecular formula is C24H46. The minimum atomic E-state index is 0.671. The van der Waals surface area contributed by atoms with E-state index in [1.54, 1.807) is 5.57 Å². The molecule has 0 aromatic carbocycles. The van der Waals surface area contributed by atoms with Crippen LogP contribution in [0.3, 0.4) is 0 Å². The maximum absolute atomic E-state index is 2.62. The van der Waals surface area contributed by atoms with Gasteiger partial charge in [-0.05, 0) is 80.5 Å². The summed E-state index contributed by atoms with van der Waals surface area (Å²) < 4.78 is 0. The monoisotopic (exact) mass is 334 g/mol. The second kappa shape index (κ2) is 10.0. The van der Waals surface area contributed by atoms with Crippen LogP contribution in [0.2, 0.25) is 0 Å². The van der Waals surface area contributed by atoms with Crippen LogP contribution in [0.15, 0.2) is 11.6 Å². The molecule has 3 rings (SSSR count). The Morgan fingerprint density at radius 1 is 1.00 bits per heavy atom. The summed E-state index contributed by atoms with van der Waals surface area (Å²) in [5.41, 5.74) is 2.40. The lowest BCUT2D eigenvalue weighted by Crippen LogP contribution is -2.41. The highest BCUT2D eigenvalue weighted by Crippen LogP contribution is 2.61. The quantitative estimate of drug-likeness (QED) is 0.391. The van der Waals surface area contributed by atoms with Crippen LogP contribution in [-0.2, 0) is 0 Å². The zero-order chi connectivity index (χ0) is 18.3. The Morgan fingerprint density at radius 3 is 2.25 bits per heavy atom. The van der Waals surface area contributed by atoms with Crippen LogP contribution in [0.25, 0.3) is 0 Å². The van der Waals surface area contributed by atoms with Gasteiger partial charge in [-0.1, -0.05) is 73.0 Å². The van der Waals surface area contributed by atoms with E-state index >= 15 is 0 Å². The summed E-state index contributed by atoms with van der Waals surface area (Å²) in [6.45, 7) is 18.3. The zero-order valence-corrected chi connectivity index (χ0v) is 18.1. The van der Waals surface area contributed by atoms with E-state index in [4.69, 9.17) is 0 Å². The average Bonchev–Trinajstić information content (AvgIpc) is 2.87. The molecule has 0 spiro atoms. The Hall–Kier alpha value is -0.260. The summed E-state index contributed by atoms with van der Waals surface area (Å²) in [4.78, 5) is 0. The summed E-state index contributed by atoms with van der Waals surface area (Å²) in [6.07, 6.45) is 14.1. The average molecular weight is 335 g/mol.